The van der Waals surface area contributed by atoms with E-state index in [1.807, 2.05) is 43.3 Å². The van der Waals surface area contributed by atoms with Crippen molar-refractivity contribution < 1.29 is 23.6 Å². The van der Waals surface area contributed by atoms with E-state index in [1.54, 1.807) is 12.3 Å². The van der Waals surface area contributed by atoms with Crippen LogP contribution in [-0.2, 0) is 24.1 Å². The molecule has 1 amide bonds. The van der Waals surface area contributed by atoms with Crippen LogP contribution in [-0.4, -0.2) is 42.7 Å². The zero-order valence-corrected chi connectivity index (χ0v) is 18.7. The van der Waals surface area contributed by atoms with Crippen LogP contribution in [0.4, 0.5) is 0 Å². The molecule has 8 nitrogen and oxygen atoms in total. The largest absolute Gasteiger partial charge is 0.454 e. The summed E-state index contributed by atoms with van der Waals surface area (Å²) in [5.74, 6) is 1.09. The fraction of sp³-hybridized carbons (Fsp3) is 0.455. The van der Waals surface area contributed by atoms with Crippen LogP contribution in [0.5, 0.6) is 11.5 Å². The van der Waals surface area contributed by atoms with E-state index in [2.05, 4.69) is 10.3 Å². The minimum Gasteiger partial charge on any atom is -0.454 e. The molecule has 9 heteroatoms. The summed E-state index contributed by atoms with van der Waals surface area (Å²) < 4.78 is 25.2. The van der Waals surface area contributed by atoms with Crippen LogP contribution in [0.25, 0.3) is 0 Å². The molecule has 2 atom stereocenters. The molecule has 166 valence electrons. The number of benzene rings is 1. The Morgan fingerprint density at radius 3 is 2.81 bits per heavy atom. The van der Waals surface area contributed by atoms with Crippen molar-refractivity contribution in [2.45, 2.75) is 51.1 Å². The lowest BCUT2D eigenvalue weighted by molar-refractivity contribution is 0.0945. The first-order chi connectivity index (χ1) is 14.8. The molecule has 2 aromatic rings. The molecule has 31 heavy (non-hydrogen) atoms. The number of aromatic nitrogens is 1. The predicted octanol–water partition coefficient (Wildman–Crippen LogP) is 2.44. The first-order valence-corrected chi connectivity index (χ1v) is 11.3. The monoisotopic (exact) mass is 445 g/mol. The highest BCUT2D eigenvalue weighted by molar-refractivity contribution is 7.84. The molecule has 0 saturated carbocycles. The summed E-state index contributed by atoms with van der Waals surface area (Å²) in [7, 11) is -1.24. The lowest BCUT2D eigenvalue weighted by atomic mass is 10.0. The van der Waals surface area contributed by atoms with Gasteiger partial charge in [-0.25, -0.2) is 8.51 Å². The SMILES string of the molecule is CC(C)(C)[S@@](=O)N1Cc2cc(C(=O)NCc3ccc4c(c3)OCO4)ncc2[C@H]1CCO. The summed E-state index contributed by atoms with van der Waals surface area (Å²) in [6, 6.07) is 7.12. The van der Waals surface area contributed by atoms with Gasteiger partial charge in [0.15, 0.2) is 11.5 Å². The summed E-state index contributed by atoms with van der Waals surface area (Å²) >= 11 is 0. The van der Waals surface area contributed by atoms with Crippen LogP contribution in [0, 0.1) is 0 Å². The van der Waals surface area contributed by atoms with Crippen molar-refractivity contribution in [3.05, 3.63) is 52.8 Å². The standard InChI is InChI=1S/C22H27N3O5S/c1-22(2,3)31(28)25-12-15-9-17(23-11-16(15)18(25)6-7-26)21(27)24-10-14-4-5-19-20(8-14)30-13-29-19/h4-5,8-9,11,18,26H,6-7,10,12-13H2,1-3H3,(H,24,27)/t18-,31-/m1/s1. The van der Waals surface area contributed by atoms with Crippen molar-refractivity contribution in [2.75, 3.05) is 13.4 Å². The summed E-state index contributed by atoms with van der Waals surface area (Å²) in [6.45, 7) is 6.76. The maximum absolute atomic E-state index is 13.0. The number of ether oxygens (including phenoxy) is 2. The Morgan fingerprint density at radius 2 is 2.06 bits per heavy atom. The first kappa shape index (κ1) is 21.7. The number of amides is 1. The molecule has 1 aromatic carbocycles. The van der Waals surface area contributed by atoms with Crippen molar-refractivity contribution in [1.29, 1.82) is 0 Å². The highest BCUT2D eigenvalue weighted by Crippen LogP contribution is 2.39. The zero-order valence-electron chi connectivity index (χ0n) is 17.9. The quantitative estimate of drug-likeness (QED) is 0.708. The molecule has 0 unspecified atom stereocenters. The molecule has 2 aliphatic heterocycles. The van der Waals surface area contributed by atoms with Crippen LogP contribution in [0.1, 0.15) is 60.4 Å². The molecule has 3 heterocycles. The molecule has 0 bridgehead atoms. The Kier molecular flexibility index (Phi) is 6.00. The molecule has 0 aliphatic carbocycles. The van der Waals surface area contributed by atoms with E-state index in [4.69, 9.17) is 9.47 Å². The number of aliphatic hydroxyl groups excluding tert-OH is 1. The van der Waals surface area contributed by atoms with Gasteiger partial charge in [0.1, 0.15) is 16.7 Å². The molecule has 1 aromatic heterocycles. The second-order valence-electron chi connectivity index (χ2n) is 8.60. The van der Waals surface area contributed by atoms with E-state index in [-0.39, 0.29) is 25.3 Å². The van der Waals surface area contributed by atoms with Crippen LogP contribution in [0.3, 0.4) is 0 Å². The average Bonchev–Trinajstić information content (AvgIpc) is 3.34. The van der Waals surface area contributed by atoms with E-state index >= 15 is 0 Å². The van der Waals surface area contributed by atoms with Gasteiger partial charge in [0, 0.05) is 25.9 Å². The van der Waals surface area contributed by atoms with Crippen molar-refractivity contribution in [3.63, 3.8) is 0 Å². The van der Waals surface area contributed by atoms with Gasteiger partial charge < -0.3 is 19.9 Å². The van der Waals surface area contributed by atoms with E-state index in [0.717, 1.165) is 16.7 Å². The van der Waals surface area contributed by atoms with Gasteiger partial charge in [-0.05, 0) is 62.1 Å². The Hall–Kier alpha value is -2.49. The predicted molar refractivity (Wildman–Crippen MR) is 116 cm³/mol. The molecular formula is C22H27N3O5S. The molecule has 2 N–H and O–H groups in total. The van der Waals surface area contributed by atoms with Gasteiger partial charge in [-0.1, -0.05) is 6.07 Å². The molecular weight excluding hydrogens is 418 g/mol. The van der Waals surface area contributed by atoms with E-state index in [0.29, 0.717) is 36.7 Å². The van der Waals surface area contributed by atoms with Gasteiger partial charge >= 0.3 is 0 Å². The van der Waals surface area contributed by atoms with Gasteiger partial charge in [0.2, 0.25) is 6.79 Å². The van der Waals surface area contributed by atoms with Crippen LogP contribution in [0.15, 0.2) is 30.5 Å². The van der Waals surface area contributed by atoms with Crippen LogP contribution in [0.2, 0.25) is 0 Å². The number of hydrogen-bond acceptors (Lipinski definition) is 6. The van der Waals surface area contributed by atoms with Crippen molar-refractivity contribution >= 4 is 16.9 Å². The van der Waals surface area contributed by atoms with Gasteiger partial charge in [-0.3, -0.25) is 9.78 Å². The maximum Gasteiger partial charge on any atom is 0.270 e. The van der Waals surface area contributed by atoms with Crippen LogP contribution >= 0.6 is 0 Å². The summed E-state index contributed by atoms with van der Waals surface area (Å²) in [6.07, 6.45) is 2.14. The van der Waals surface area contributed by atoms with Gasteiger partial charge in [0.25, 0.3) is 5.91 Å². The van der Waals surface area contributed by atoms with Crippen molar-refractivity contribution in [2.24, 2.45) is 0 Å². The van der Waals surface area contributed by atoms with Crippen molar-refractivity contribution in [3.8, 4) is 11.5 Å². The molecule has 0 spiro atoms. The second kappa shape index (κ2) is 8.57. The van der Waals surface area contributed by atoms with Crippen molar-refractivity contribution in [1.82, 2.24) is 14.6 Å². The number of pyridine rings is 1. The normalized spacial score (nSPS) is 18.6. The smallest absolute Gasteiger partial charge is 0.270 e. The zero-order chi connectivity index (χ0) is 22.2. The van der Waals surface area contributed by atoms with E-state index in [9.17, 15) is 14.1 Å². The number of nitrogens with one attached hydrogen (secondary N) is 1. The highest BCUT2D eigenvalue weighted by Gasteiger charge is 2.38. The maximum atomic E-state index is 13.0. The molecule has 0 saturated heterocycles. The van der Waals surface area contributed by atoms with Gasteiger partial charge in [0.05, 0.1) is 10.8 Å². The highest BCUT2D eigenvalue weighted by atomic mass is 32.2. The summed E-state index contributed by atoms with van der Waals surface area (Å²) in [4.78, 5) is 17.0. The summed E-state index contributed by atoms with van der Waals surface area (Å²) in [5, 5.41) is 12.4. The Labute approximate surface area is 184 Å². The molecule has 4 rings (SSSR count). The lowest BCUT2D eigenvalue weighted by Gasteiger charge is -2.30. The minimum absolute atomic E-state index is 0.0142. The van der Waals surface area contributed by atoms with Gasteiger partial charge in [-0.15, -0.1) is 0 Å². The topological polar surface area (TPSA) is 101 Å². The van der Waals surface area contributed by atoms with E-state index in [1.165, 1.54) is 0 Å². The fourth-order valence-electron chi connectivity index (χ4n) is 3.77. The number of carbonyl (C=O) groups excluding carboxylic acids is 1. The van der Waals surface area contributed by atoms with Crippen LogP contribution < -0.4 is 14.8 Å². The average molecular weight is 446 g/mol. The fourth-order valence-corrected chi connectivity index (χ4v) is 5.18. The Balaban J connectivity index is 1.48. The number of aliphatic hydroxyl groups is 1. The number of nitrogens with zero attached hydrogens (tertiary/aromatic N) is 2. The first-order valence-electron chi connectivity index (χ1n) is 10.2. The van der Waals surface area contributed by atoms with E-state index < -0.39 is 15.7 Å². The number of rotatable bonds is 6. The lowest BCUT2D eigenvalue weighted by Crippen LogP contribution is -2.36. The minimum atomic E-state index is -1.24. The number of carbonyl (C=O) groups is 1. The second-order valence-corrected chi connectivity index (χ2v) is 10.8. The third-order valence-corrected chi connectivity index (χ3v) is 7.18. The number of fused-ring (bicyclic) bond motifs is 2. The third kappa shape index (κ3) is 4.44. The Morgan fingerprint density at radius 1 is 1.29 bits per heavy atom. The Bertz CT molecular complexity index is 1020. The molecule has 2 aliphatic rings. The third-order valence-electron chi connectivity index (χ3n) is 5.32. The summed E-state index contributed by atoms with van der Waals surface area (Å²) in [5.41, 5.74) is 3.04. The van der Waals surface area contributed by atoms with Gasteiger partial charge in [-0.2, -0.15) is 0 Å². The molecule has 0 fully saturated rings. The number of hydrogen-bond donors (Lipinski definition) is 2. The molecule has 0 radical (unpaired) electrons.